The SMILES string of the molecule is C/C=C\C(C)(C)C.O=C(c1cc2c(s1)-c1ccccc1SC2)N1CCN(c2ccc(O)cc2)CC1. The first-order valence-corrected chi connectivity index (χ1v) is 13.9. The average molecular weight is 507 g/mol. The Hall–Kier alpha value is -2.70. The molecular formula is C29H34N2O2S2. The summed E-state index contributed by atoms with van der Waals surface area (Å²) < 4.78 is 0. The monoisotopic (exact) mass is 506 g/mol. The van der Waals surface area contributed by atoms with Crippen LogP contribution in [0.5, 0.6) is 5.75 Å². The predicted molar refractivity (Wildman–Crippen MR) is 150 cm³/mol. The van der Waals surface area contributed by atoms with Gasteiger partial charge in [0.15, 0.2) is 0 Å². The molecule has 3 heterocycles. The number of carbonyl (C=O) groups is 1. The highest BCUT2D eigenvalue weighted by atomic mass is 32.2. The van der Waals surface area contributed by atoms with Crippen LogP contribution in [-0.2, 0) is 5.75 Å². The summed E-state index contributed by atoms with van der Waals surface area (Å²) in [5.74, 6) is 1.36. The molecule has 35 heavy (non-hydrogen) atoms. The van der Waals surface area contributed by atoms with Crippen molar-refractivity contribution in [3.8, 4) is 16.2 Å². The van der Waals surface area contributed by atoms with Gasteiger partial charge in [0.1, 0.15) is 5.75 Å². The fourth-order valence-electron chi connectivity index (χ4n) is 4.29. The first kappa shape index (κ1) is 25.4. The van der Waals surface area contributed by atoms with E-state index < -0.39 is 0 Å². The minimum atomic E-state index is 0.146. The maximum Gasteiger partial charge on any atom is 0.264 e. The number of thioether (sulfide) groups is 1. The molecule has 2 aromatic carbocycles. The molecule has 1 N–H and O–H groups in total. The lowest BCUT2D eigenvalue weighted by Crippen LogP contribution is -2.48. The number of phenolic OH excluding ortho intramolecular Hbond substituents is 1. The molecule has 2 aliphatic heterocycles. The molecule has 184 valence electrons. The molecule has 0 saturated carbocycles. The molecule has 1 saturated heterocycles. The van der Waals surface area contributed by atoms with Gasteiger partial charge in [-0.1, -0.05) is 51.1 Å². The van der Waals surface area contributed by atoms with Crippen molar-refractivity contribution in [2.45, 2.75) is 38.3 Å². The number of allylic oxidation sites excluding steroid dienone is 2. The van der Waals surface area contributed by atoms with Crippen molar-refractivity contribution in [2.24, 2.45) is 5.41 Å². The fraction of sp³-hybridized carbons (Fsp3) is 0.345. The molecule has 2 aliphatic rings. The van der Waals surface area contributed by atoms with E-state index in [-0.39, 0.29) is 11.7 Å². The summed E-state index contributed by atoms with van der Waals surface area (Å²) in [5.41, 5.74) is 3.99. The summed E-state index contributed by atoms with van der Waals surface area (Å²) in [5, 5.41) is 9.45. The van der Waals surface area contributed by atoms with Crippen LogP contribution in [0.4, 0.5) is 5.69 Å². The van der Waals surface area contributed by atoms with Gasteiger partial charge in [-0.05, 0) is 54.3 Å². The maximum absolute atomic E-state index is 13.1. The van der Waals surface area contributed by atoms with Crippen LogP contribution < -0.4 is 4.90 Å². The second kappa shape index (κ2) is 10.9. The number of piperazine rings is 1. The smallest absolute Gasteiger partial charge is 0.264 e. The third-order valence-electron chi connectivity index (χ3n) is 5.98. The van der Waals surface area contributed by atoms with Crippen LogP contribution in [0.15, 0.2) is 71.6 Å². The van der Waals surface area contributed by atoms with Crippen molar-refractivity contribution in [1.29, 1.82) is 0 Å². The Kier molecular flexibility index (Phi) is 7.92. The number of hydrogen-bond acceptors (Lipinski definition) is 5. The number of benzene rings is 2. The van der Waals surface area contributed by atoms with Crippen LogP contribution in [0.25, 0.3) is 10.4 Å². The summed E-state index contributed by atoms with van der Waals surface area (Å²) >= 11 is 3.48. The lowest BCUT2D eigenvalue weighted by atomic mass is 9.97. The summed E-state index contributed by atoms with van der Waals surface area (Å²) in [4.78, 5) is 20.7. The molecule has 1 amide bonds. The average Bonchev–Trinajstić information content (AvgIpc) is 3.29. The van der Waals surface area contributed by atoms with Gasteiger partial charge in [0.25, 0.3) is 5.91 Å². The van der Waals surface area contributed by atoms with Crippen molar-refractivity contribution in [1.82, 2.24) is 4.90 Å². The van der Waals surface area contributed by atoms with Crippen LogP contribution in [0.2, 0.25) is 0 Å². The highest BCUT2D eigenvalue weighted by Gasteiger charge is 2.26. The maximum atomic E-state index is 13.1. The summed E-state index contributed by atoms with van der Waals surface area (Å²) in [7, 11) is 0. The number of rotatable bonds is 2. The largest absolute Gasteiger partial charge is 0.508 e. The van der Waals surface area contributed by atoms with Crippen LogP contribution in [-0.4, -0.2) is 42.1 Å². The Morgan fingerprint density at radius 3 is 2.31 bits per heavy atom. The third-order valence-corrected chi connectivity index (χ3v) is 8.30. The number of fused-ring (bicyclic) bond motifs is 3. The molecular weight excluding hydrogens is 472 g/mol. The van der Waals surface area contributed by atoms with Crippen molar-refractivity contribution in [2.75, 3.05) is 31.1 Å². The minimum absolute atomic E-state index is 0.146. The van der Waals surface area contributed by atoms with E-state index in [4.69, 9.17) is 0 Å². The van der Waals surface area contributed by atoms with E-state index in [9.17, 15) is 9.90 Å². The zero-order valence-corrected chi connectivity index (χ0v) is 22.6. The van der Waals surface area contributed by atoms with Gasteiger partial charge in [-0.15, -0.1) is 23.1 Å². The van der Waals surface area contributed by atoms with Gasteiger partial charge >= 0.3 is 0 Å². The van der Waals surface area contributed by atoms with Gasteiger partial charge in [-0.25, -0.2) is 0 Å². The Bertz CT molecular complexity index is 1180. The summed E-state index contributed by atoms with van der Waals surface area (Å²) in [6, 6.07) is 17.8. The Labute approximate surface area is 217 Å². The number of nitrogens with zero attached hydrogens (tertiary/aromatic N) is 2. The molecule has 1 fully saturated rings. The third kappa shape index (κ3) is 6.30. The second-order valence-electron chi connectivity index (χ2n) is 9.91. The van der Waals surface area contributed by atoms with Crippen LogP contribution in [0.1, 0.15) is 42.9 Å². The van der Waals surface area contributed by atoms with Gasteiger partial charge in [-0.2, -0.15) is 0 Å². The molecule has 0 unspecified atom stereocenters. The van der Waals surface area contributed by atoms with E-state index in [1.54, 1.807) is 23.5 Å². The van der Waals surface area contributed by atoms with E-state index >= 15 is 0 Å². The molecule has 0 bridgehead atoms. The molecule has 4 nitrogen and oxygen atoms in total. The molecule has 0 aliphatic carbocycles. The molecule has 0 atom stereocenters. The predicted octanol–water partition coefficient (Wildman–Crippen LogP) is 7.30. The topological polar surface area (TPSA) is 43.8 Å². The number of hydrogen-bond donors (Lipinski definition) is 1. The second-order valence-corrected chi connectivity index (χ2v) is 12.0. The first-order chi connectivity index (χ1) is 16.7. The van der Waals surface area contributed by atoms with Crippen molar-refractivity contribution < 1.29 is 9.90 Å². The molecule has 6 heteroatoms. The Morgan fingerprint density at radius 1 is 1.00 bits per heavy atom. The highest BCUT2D eigenvalue weighted by Crippen LogP contribution is 2.45. The fourth-order valence-corrected chi connectivity index (χ4v) is 6.67. The quantitative estimate of drug-likeness (QED) is 0.371. The number of amides is 1. The number of thiophene rings is 1. The van der Waals surface area contributed by atoms with Gasteiger partial charge in [0.2, 0.25) is 0 Å². The normalized spacial score (nSPS) is 15.3. The summed E-state index contributed by atoms with van der Waals surface area (Å²) in [6.07, 6.45) is 4.27. The van der Waals surface area contributed by atoms with Crippen LogP contribution in [0.3, 0.4) is 0 Å². The number of aromatic hydroxyl groups is 1. The first-order valence-electron chi connectivity index (χ1n) is 12.1. The molecule has 3 aromatic rings. The molecule has 1 aromatic heterocycles. The Balaban J connectivity index is 0.000000364. The van der Waals surface area contributed by atoms with Crippen LogP contribution >= 0.6 is 23.1 Å². The molecule has 0 spiro atoms. The number of carbonyl (C=O) groups excluding carboxylic acids is 1. The minimum Gasteiger partial charge on any atom is -0.508 e. The van der Waals surface area contributed by atoms with Crippen molar-refractivity contribution in [3.63, 3.8) is 0 Å². The van der Waals surface area contributed by atoms with E-state index in [0.29, 0.717) is 18.5 Å². The van der Waals surface area contributed by atoms with E-state index in [1.807, 2.05) is 35.7 Å². The van der Waals surface area contributed by atoms with Gasteiger partial charge < -0.3 is 14.9 Å². The number of phenols is 1. The van der Waals surface area contributed by atoms with Crippen molar-refractivity contribution in [3.05, 3.63) is 77.2 Å². The van der Waals surface area contributed by atoms with E-state index in [0.717, 1.165) is 29.4 Å². The number of anilines is 1. The molecule has 0 radical (unpaired) electrons. The van der Waals surface area contributed by atoms with E-state index in [2.05, 4.69) is 68.2 Å². The Morgan fingerprint density at radius 2 is 1.69 bits per heavy atom. The van der Waals surface area contributed by atoms with Crippen molar-refractivity contribution >= 4 is 34.7 Å². The highest BCUT2D eigenvalue weighted by molar-refractivity contribution is 7.98. The van der Waals surface area contributed by atoms with Crippen LogP contribution in [0, 0.1) is 5.41 Å². The van der Waals surface area contributed by atoms with Gasteiger partial charge in [-0.3, -0.25) is 4.79 Å². The zero-order chi connectivity index (χ0) is 25.0. The molecule has 5 rings (SSSR count). The zero-order valence-electron chi connectivity index (χ0n) is 21.0. The van der Waals surface area contributed by atoms with E-state index in [1.165, 1.54) is 20.9 Å². The standard InChI is InChI=1S/C22H20N2O2S2.C7H14/c25-17-7-5-16(6-8-17)23-9-11-24(12-10-23)22(26)20-13-15-14-27-19-4-2-1-3-18(19)21(15)28-20;1-5-6-7(2,3)4/h1-8,13,25H,9-12,14H2;5-6H,1-4H3/b;6-5-. The lowest BCUT2D eigenvalue weighted by molar-refractivity contribution is 0.0751. The summed E-state index contributed by atoms with van der Waals surface area (Å²) in [6.45, 7) is 11.7. The van der Waals surface area contributed by atoms with Gasteiger partial charge in [0, 0.05) is 53.0 Å². The van der Waals surface area contributed by atoms with Gasteiger partial charge in [0.05, 0.1) is 4.88 Å². The lowest BCUT2D eigenvalue weighted by Gasteiger charge is -2.36.